The van der Waals surface area contributed by atoms with E-state index in [2.05, 4.69) is 5.32 Å². The number of methoxy groups -OCH3 is 2. The third-order valence-electron chi connectivity index (χ3n) is 4.46. The number of hydrogen-bond acceptors (Lipinski definition) is 7. The van der Waals surface area contributed by atoms with Crippen LogP contribution in [0.25, 0.3) is 0 Å². The second-order valence-electron chi connectivity index (χ2n) is 6.29. The molecule has 0 spiro atoms. The fraction of sp³-hybridized carbons (Fsp3) is 0.471. The Balaban J connectivity index is 2.28. The first-order valence-electron chi connectivity index (χ1n) is 8.60. The molecule has 1 aromatic rings. The number of carboxylic acid groups (broad SMARTS) is 2. The molecule has 1 amide bonds. The van der Waals surface area contributed by atoms with E-state index >= 15 is 0 Å². The van der Waals surface area contributed by atoms with E-state index in [0.717, 1.165) is 4.31 Å². The maximum Gasteiger partial charge on any atom is 0.326 e. The Morgan fingerprint density at radius 1 is 1.21 bits per heavy atom. The number of carbonyl (C=O) groups is 3. The average Bonchev–Trinajstić information content (AvgIpc) is 3.17. The summed E-state index contributed by atoms with van der Waals surface area (Å²) in [6, 6.07) is 1.19. The van der Waals surface area contributed by atoms with Gasteiger partial charge >= 0.3 is 11.9 Å². The van der Waals surface area contributed by atoms with Crippen LogP contribution >= 0.6 is 0 Å². The van der Waals surface area contributed by atoms with Crippen LogP contribution < -0.4 is 14.8 Å². The number of amides is 1. The van der Waals surface area contributed by atoms with Gasteiger partial charge in [0, 0.05) is 12.6 Å². The summed E-state index contributed by atoms with van der Waals surface area (Å²) in [4.78, 5) is 34.4. The van der Waals surface area contributed by atoms with Gasteiger partial charge in [-0.05, 0) is 25.0 Å². The highest BCUT2D eigenvalue weighted by molar-refractivity contribution is 7.89. The number of carboxylic acids is 2. The van der Waals surface area contributed by atoms with Crippen molar-refractivity contribution in [2.24, 2.45) is 0 Å². The molecule has 1 aliphatic rings. The lowest BCUT2D eigenvalue weighted by Gasteiger charge is -2.25. The largest absolute Gasteiger partial charge is 0.493 e. The van der Waals surface area contributed by atoms with Gasteiger partial charge in [-0.15, -0.1) is 0 Å². The van der Waals surface area contributed by atoms with E-state index in [0.29, 0.717) is 12.2 Å². The number of hydrogen-bond donors (Lipinski definition) is 3. The summed E-state index contributed by atoms with van der Waals surface area (Å²) in [6.45, 7) is 0.0609. The van der Waals surface area contributed by atoms with Crippen LogP contribution in [0.15, 0.2) is 23.1 Å². The number of nitrogens with one attached hydrogen (secondary N) is 1. The van der Waals surface area contributed by atoms with Gasteiger partial charge in [0.15, 0.2) is 11.5 Å². The van der Waals surface area contributed by atoms with Gasteiger partial charge in [0.1, 0.15) is 12.1 Å². The number of carbonyl (C=O) groups excluding carboxylic acids is 1. The van der Waals surface area contributed by atoms with E-state index in [9.17, 15) is 22.8 Å². The van der Waals surface area contributed by atoms with Crippen LogP contribution in [0.2, 0.25) is 0 Å². The minimum Gasteiger partial charge on any atom is -0.493 e. The molecule has 1 heterocycles. The first kappa shape index (κ1) is 22.4. The van der Waals surface area contributed by atoms with Crippen LogP contribution in [0.3, 0.4) is 0 Å². The SMILES string of the molecule is COc1ccc(S(=O)(=O)N2CCCC2C(=O)NC(CC(=O)O)C(=O)O)cc1OC. The Morgan fingerprint density at radius 2 is 1.86 bits per heavy atom. The fourth-order valence-electron chi connectivity index (χ4n) is 3.04. The van der Waals surface area contributed by atoms with Crippen molar-refractivity contribution in [3.63, 3.8) is 0 Å². The van der Waals surface area contributed by atoms with E-state index in [-0.39, 0.29) is 23.6 Å². The van der Waals surface area contributed by atoms with E-state index in [4.69, 9.17) is 19.7 Å². The lowest BCUT2D eigenvalue weighted by atomic mass is 10.1. The smallest absolute Gasteiger partial charge is 0.326 e. The molecule has 1 fully saturated rings. The maximum absolute atomic E-state index is 13.1. The predicted molar refractivity (Wildman–Crippen MR) is 98.3 cm³/mol. The van der Waals surface area contributed by atoms with Gasteiger partial charge in [-0.2, -0.15) is 4.31 Å². The monoisotopic (exact) mass is 430 g/mol. The predicted octanol–water partition coefficient (Wildman–Crippen LogP) is -0.0990. The molecular weight excluding hydrogens is 408 g/mol. The topological polar surface area (TPSA) is 160 Å². The summed E-state index contributed by atoms with van der Waals surface area (Å²) >= 11 is 0. The Bertz CT molecular complexity index is 900. The van der Waals surface area contributed by atoms with Crippen LogP contribution in [-0.2, 0) is 24.4 Å². The van der Waals surface area contributed by atoms with Gasteiger partial charge in [-0.1, -0.05) is 0 Å². The molecule has 1 saturated heterocycles. The molecule has 12 heteroatoms. The standard InChI is InChI=1S/C17H22N2O9S/c1-27-13-6-5-10(8-14(13)28-2)29(25,26)19-7-3-4-12(19)16(22)18-11(17(23)24)9-15(20)21/h5-6,8,11-12H,3-4,7,9H2,1-2H3,(H,18,22)(H,20,21)(H,23,24). The molecule has 160 valence electrons. The third kappa shape index (κ3) is 4.95. The molecule has 0 saturated carbocycles. The second-order valence-corrected chi connectivity index (χ2v) is 8.18. The lowest BCUT2D eigenvalue weighted by molar-refractivity contribution is -0.147. The van der Waals surface area contributed by atoms with E-state index in [1.54, 1.807) is 0 Å². The molecule has 0 aromatic heterocycles. The third-order valence-corrected chi connectivity index (χ3v) is 6.37. The highest BCUT2D eigenvalue weighted by atomic mass is 32.2. The van der Waals surface area contributed by atoms with Crippen molar-refractivity contribution in [3.8, 4) is 11.5 Å². The number of ether oxygens (including phenoxy) is 2. The number of benzene rings is 1. The molecular formula is C17H22N2O9S. The van der Waals surface area contributed by atoms with Crippen molar-refractivity contribution >= 4 is 27.9 Å². The molecule has 0 radical (unpaired) electrons. The molecule has 2 unspecified atom stereocenters. The minimum atomic E-state index is -4.10. The summed E-state index contributed by atoms with van der Waals surface area (Å²) in [7, 11) is -1.33. The molecule has 3 N–H and O–H groups in total. The van der Waals surface area contributed by atoms with Crippen LogP contribution in [0.1, 0.15) is 19.3 Å². The maximum atomic E-state index is 13.1. The molecule has 29 heavy (non-hydrogen) atoms. The Kier molecular flexibility index (Phi) is 7.03. The van der Waals surface area contributed by atoms with Gasteiger partial charge in [-0.3, -0.25) is 9.59 Å². The lowest BCUT2D eigenvalue weighted by Crippen LogP contribution is -2.51. The zero-order valence-electron chi connectivity index (χ0n) is 15.8. The average molecular weight is 430 g/mol. The molecule has 1 aromatic carbocycles. The molecule has 0 bridgehead atoms. The summed E-state index contributed by atoms with van der Waals surface area (Å²) in [5.41, 5.74) is 0. The van der Waals surface area contributed by atoms with Crippen molar-refractivity contribution in [2.45, 2.75) is 36.2 Å². The molecule has 11 nitrogen and oxygen atoms in total. The zero-order valence-corrected chi connectivity index (χ0v) is 16.6. The van der Waals surface area contributed by atoms with E-state index in [1.165, 1.54) is 32.4 Å². The van der Waals surface area contributed by atoms with Crippen LogP contribution in [0, 0.1) is 0 Å². The molecule has 0 aliphatic carbocycles. The fourth-order valence-corrected chi connectivity index (χ4v) is 4.72. The van der Waals surface area contributed by atoms with Crippen LogP contribution in [0.5, 0.6) is 11.5 Å². The molecule has 1 aliphatic heterocycles. The van der Waals surface area contributed by atoms with Crippen molar-refractivity contribution in [2.75, 3.05) is 20.8 Å². The Morgan fingerprint density at radius 3 is 2.41 bits per heavy atom. The second kappa shape index (κ2) is 9.09. The van der Waals surface area contributed by atoms with Crippen LogP contribution in [-0.4, -0.2) is 73.6 Å². The molecule has 2 rings (SSSR count). The van der Waals surface area contributed by atoms with Gasteiger partial charge in [-0.25, -0.2) is 13.2 Å². The number of aliphatic carboxylic acids is 2. The number of rotatable bonds is 9. The summed E-state index contributed by atoms with van der Waals surface area (Å²) in [6.07, 6.45) is -0.255. The van der Waals surface area contributed by atoms with Crippen molar-refractivity contribution < 1.29 is 42.5 Å². The Hall–Kier alpha value is -2.86. The molecule has 2 atom stereocenters. The highest BCUT2D eigenvalue weighted by Gasteiger charge is 2.41. The van der Waals surface area contributed by atoms with Gasteiger partial charge in [0.05, 0.1) is 25.5 Å². The van der Waals surface area contributed by atoms with Gasteiger partial charge in [0.2, 0.25) is 15.9 Å². The summed E-state index contributed by atoms with van der Waals surface area (Å²) in [5.74, 6) is -3.26. The quantitative estimate of drug-likeness (QED) is 0.486. The first-order chi connectivity index (χ1) is 13.6. The van der Waals surface area contributed by atoms with Crippen molar-refractivity contribution in [1.82, 2.24) is 9.62 Å². The minimum absolute atomic E-state index is 0.0609. The van der Waals surface area contributed by atoms with Crippen molar-refractivity contribution in [3.05, 3.63) is 18.2 Å². The number of sulfonamides is 1. The Labute approximate surface area is 167 Å². The summed E-state index contributed by atoms with van der Waals surface area (Å²) < 4.78 is 37.3. The van der Waals surface area contributed by atoms with Crippen molar-refractivity contribution in [1.29, 1.82) is 0 Å². The normalized spacial score (nSPS) is 18.1. The summed E-state index contributed by atoms with van der Waals surface area (Å²) in [5, 5.41) is 20.0. The highest BCUT2D eigenvalue weighted by Crippen LogP contribution is 2.33. The number of nitrogens with zero attached hydrogens (tertiary/aromatic N) is 1. The first-order valence-corrected chi connectivity index (χ1v) is 10.0. The van der Waals surface area contributed by atoms with Gasteiger partial charge < -0.3 is 25.0 Å². The van der Waals surface area contributed by atoms with E-state index in [1.807, 2.05) is 0 Å². The van der Waals surface area contributed by atoms with Gasteiger partial charge in [0.25, 0.3) is 0 Å². The zero-order chi connectivity index (χ0) is 21.8. The van der Waals surface area contributed by atoms with E-state index < -0.39 is 46.4 Å². The van der Waals surface area contributed by atoms with Crippen LogP contribution in [0.4, 0.5) is 0 Å².